The predicted molar refractivity (Wildman–Crippen MR) is 74.9 cm³/mol. The first-order chi connectivity index (χ1) is 9.10. The van der Waals surface area contributed by atoms with Gasteiger partial charge in [-0.2, -0.15) is 0 Å². The Morgan fingerprint density at radius 3 is 2.47 bits per heavy atom. The molecule has 0 spiro atoms. The largest absolute Gasteiger partial charge is 0.322 e. The Morgan fingerprint density at radius 2 is 1.84 bits per heavy atom. The van der Waals surface area contributed by atoms with Crippen LogP contribution >= 0.6 is 0 Å². The van der Waals surface area contributed by atoms with E-state index < -0.39 is 11.7 Å². The molecule has 2 nitrogen and oxygen atoms in total. The summed E-state index contributed by atoms with van der Waals surface area (Å²) in [5.74, 6) is -0.932. The van der Waals surface area contributed by atoms with Crippen molar-refractivity contribution in [1.29, 1.82) is 0 Å². The summed E-state index contributed by atoms with van der Waals surface area (Å²) in [6.45, 7) is 3.89. The van der Waals surface area contributed by atoms with E-state index in [1.807, 2.05) is 31.2 Å². The molecule has 98 valence electrons. The van der Waals surface area contributed by atoms with Crippen LogP contribution in [0.5, 0.6) is 0 Å². The van der Waals surface area contributed by atoms with Gasteiger partial charge in [-0.1, -0.05) is 30.7 Å². The minimum atomic E-state index is -0.506. The van der Waals surface area contributed by atoms with Gasteiger partial charge in [0.05, 0.1) is 5.56 Å². The topological polar surface area (TPSA) is 29.1 Å². The molecule has 0 heterocycles. The molecule has 0 fully saturated rings. The van der Waals surface area contributed by atoms with Gasteiger partial charge < -0.3 is 5.32 Å². The lowest BCUT2D eigenvalue weighted by molar-refractivity contribution is 0.102. The number of aryl methyl sites for hydroxylation is 2. The Hall–Kier alpha value is -2.16. The first-order valence-corrected chi connectivity index (χ1v) is 6.26. The van der Waals surface area contributed by atoms with Crippen LogP contribution in [0.3, 0.4) is 0 Å². The Bertz CT molecular complexity index is 590. The minimum absolute atomic E-state index is 0.0690. The lowest BCUT2D eigenvalue weighted by Crippen LogP contribution is -2.14. The van der Waals surface area contributed by atoms with Gasteiger partial charge in [0.15, 0.2) is 0 Å². The number of hydrogen-bond acceptors (Lipinski definition) is 1. The van der Waals surface area contributed by atoms with Crippen LogP contribution in [0, 0.1) is 12.7 Å². The van der Waals surface area contributed by atoms with Crippen molar-refractivity contribution in [3.05, 3.63) is 65.0 Å². The standard InChI is InChI=1S/C16H16FNO/c1-3-12-5-7-13(8-6-12)18-16(19)14-10-11(2)4-9-15(14)17/h4-10H,3H2,1-2H3,(H,18,19). The van der Waals surface area contributed by atoms with E-state index in [2.05, 4.69) is 12.2 Å². The molecule has 2 rings (SSSR count). The fourth-order valence-electron chi connectivity index (χ4n) is 1.84. The van der Waals surface area contributed by atoms with Crippen LogP contribution in [0.25, 0.3) is 0 Å². The van der Waals surface area contributed by atoms with Crippen LogP contribution in [0.4, 0.5) is 10.1 Å². The van der Waals surface area contributed by atoms with Gasteiger partial charge >= 0.3 is 0 Å². The molecule has 2 aromatic carbocycles. The lowest BCUT2D eigenvalue weighted by Gasteiger charge is -2.07. The molecule has 0 atom stereocenters. The molecule has 0 aliphatic carbocycles. The molecule has 0 aromatic heterocycles. The number of halogens is 1. The zero-order chi connectivity index (χ0) is 13.8. The van der Waals surface area contributed by atoms with Crippen LogP contribution < -0.4 is 5.32 Å². The van der Waals surface area contributed by atoms with Crippen molar-refractivity contribution in [3.8, 4) is 0 Å². The second kappa shape index (κ2) is 5.65. The van der Waals surface area contributed by atoms with Crippen LogP contribution in [0.1, 0.15) is 28.4 Å². The Labute approximate surface area is 112 Å². The van der Waals surface area contributed by atoms with E-state index in [0.29, 0.717) is 5.69 Å². The Kier molecular flexibility index (Phi) is 3.95. The first kappa shape index (κ1) is 13.3. The molecule has 2 aromatic rings. The van der Waals surface area contributed by atoms with E-state index in [0.717, 1.165) is 12.0 Å². The maximum atomic E-state index is 13.6. The molecule has 0 saturated heterocycles. The molecule has 3 heteroatoms. The van der Waals surface area contributed by atoms with Gasteiger partial charge in [0.1, 0.15) is 5.82 Å². The van der Waals surface area contributed by atoms with E-state index in [-0.39, 0.29) is 5.56 Å². The molecule has 1 amide bonds. The molecule has 0 aliphatic rings. The average molecular weight is 257 g/mol. The fraction of sp³-hybridized carbons (Fsp3) is 0.188. The van der Waals surface area contributed by atoms with E-state index in [4.69, 9.17) is 0 Å². The van der Waals surface area contributed by atoms with Gasteiger partial charge in [0.25, 0.3) is 5.91 Å². The molecular weight excluding hydrogens is 241 g/mol. The summed E-state index contributed by atoms with van der Waals surface area (Å²) in [6.07, 6.45) is 0.945. The number of rotatable bonds is 3. The summed E-state index contributed by atoms with van der Waals surface area (Å²) in [4.78, 5) is 12.0. The summed E-state index contributed by atoms with van der Waals surface area (Å²) in [5, 5.41) is 2.70. The zero-order valence-electron chi connectivity index (χ0n) is 11.0. The smallest absolute Gasteiger partial charge is 0.258 e. The predicted octanol–water partition coefficient (Wildman–Crippen LogP) is 3.95. The second-order valence-electron chi connectivity index (χ2n) is 4.49. The second-order valence-corrected chi connectivity index (χ2v) is 4.49. The average Bonchev–Trinajstić information content (AvgIpc) is 2.42. The number of carbonyl (C=O) groups is 1. The third-order valence-electron chi connectivity index (χ3n) is 2.99. The van der Waals surface area contributed by atoms with Gasteiger partial charge in [0, 0.05) is 5.69 Å². The van der Waals surface area contributed by atoms with Crippen molar-refractivity contribution in [2.24, 2.45) is 0 Å². The molecule has 0 aliphatic heterocycles. The van der Waals surface area contributed by atoms with E-state index >= 15 is 0 Å². The number of carbonyl (C=O) groups excluding carboxylic acids is 1. The third-order valence-corrected chi connectivity index (χ3v) is 2.99. The zero-order valence-corrected chi connectivity index (χ0v) is 11.0. The first-order valence-electron chi connectivity index (χ1n) is 6.26. The molecule has 1 N–H and O–H groups in total. The summed E-state index contributed by atoms with van der Waals surface area (Å²) >= 11 is 0. The summed E-state index contributed by atoms with van der Waals surface area (Å²) < 4.78 is 13.6. The summed E-state index contributed by atoms with van der Waals surface area (Å²) in [5.41, 5.74) is 2.79. The lowest BCUT2D eigenvalue weighted by atomic mass is 10.1. The van der Waals surface area contributed by atoms with Crippen molar-refractivity contribution in [2.75, 3.05) is 5.32 Å². The van der Waals surface area contributed by atoms with E-state index in [9.17, 15) is 9.18 Å². The van der Waals surface area contributed by atoms with Crippen molar-refractivity contribution in [1.82, 2.24) is 0 Å². The van der Waals surface area contributed by atoms with Crippen LogP contribution in [-0.2, 0) is 6.42 Å². The highest BCUT2D eigenvalue weighted by molar-refractivity contribution is 6.04. The number of nitrogens with one attached hydrogen (secondary N) is 1. The minimum Gasteiger partial charge on any atom is -0.322 e. The summed E-state index contributed by atoms with van der Waals surface area (Å²) in [6, 6.07) is 12.0. The van der Waals surface area contributed by atoms with Gasteiger partial charge in [-0.15, -0.1) is 0 Å². The summed E-state index contributed by atoms with van der Waals surface area (Å²) in [7, 11) is 0. The molecule has 0 radical (unpaired) electrons. The van der Waals surface area contributed by atoms with E-state index in [1.54, 1.807) is 12.1 Å². The highest BCUT2D eigenvalue weighted by Crippen LogP contribution is 2.14. The highest BCUT2D eigenvalue weighted by Gasteiger charge is 2.11. The van der Waals surface area contributed by atoms with Crippen molar-refractivity contribution in [2.45, 2.75) is 20.3 Å². The van der Waals surface area contributed by atoms with Crippen LogP contribution in [0.15, 0.2) is 42.5 Å². The molecule has 0 saturated carbocycles. The third kappa shape index (κ3) is 3.19. The number of benzene rings is 2. The molecular formula is C16H16FNO. The van der Waals surface area contributed by atoms with Crippen molar-refractivity contribution < 1.29 is 9.18 Å². The normalized spacial score (nSPS) is 10.3. The van der Waals surface area contributed by atoms with Crippen molar-refractivity contribution in [3.63, 3.8) is 0 Å². The van der Waals surface area contributed by atoms with E-state index in [1.165, 1.54) is 11.6 Å². The number of anilines is 1. The van der Waals surface area contributed by atoms with Gasteiger partial charge in [-0.3, -0.25) is 4.79 Å². The number of amides is 1. The van der Waals surface area contributed by atoms with Crippen LogP contribution in [-0.4, -0.2) is 5.91 Å². The molecule has 0 bridgehead atoms. The van der Waals surface area contributed by atoms with Crippen molar-refractivity contribution >= 4 is 11.6 Å². The number of hydrogen-bond donors (Lipinski definition) is 1. The quantitative estimate of drug-likeness (QED) is 0.886. The maximum Gasteiger partial charge on any atom is 0.258 e. The fourth-order valence-corrected chi connectivity index (χ4v) is 1.84. The monoisotopic (exact) mass is 257 g/mol. The Balaban J connectivity index is 2.18. The van der Waals surface area contributed by atoms with Gasteiger partial charge in [-0.05, 0) is 43.2 Å². The molecule has 0 unspecified atom stereocenters. The van der Waals surface area contributed by atoms with Gasteiger partial charge in [0.2, 0.25) is 0 Å². The Morgan fingerprint density at radius 1 is 1.16 bits per heavy atom. The highest BCUT2D eigenvalue weighted by atomic mass is 19.1. The molecule has 19 heavy (non-hydrogen) atoms. The maximum absolute atomic E-state index is 13.6. The van der Waals surface area contributed by atoms with Crippen LogP contribution in [0.2, 0.25) is 0 Å². The van der Waals surface area contributed by atoms with Gasteiger partial charge in [-0.25, -0.2) is 4.39 Å². The SMILES string of the molecule is CCc1ccc(NC(=O)c2cc(C)ccc2F)cc1.